The number of amides is 3. The Balaban J connectivity index is 1.49. The number of piperidine rings is 2. The molecule has 1 unspecified atom stereocenters. The molecule has 0 radical (unpaired) electrons. The van der Waals surface area contributed by atoms with Crippen molar-refractivity contribution >= 4 is 40.9 Å². The smallest absolute Gasteiger partial charge is 0.253 e. The fraction of sp³-hybridized carbons (Fsp3) is 0.625. The van der Waals surface area contributed by atoms with Gasteiger partial charge < -0.3 is 15.1 Å². The summed E-state index contributed by atoms with van der Waals surface area (Å²) in [4.78, 5) is 42.0. The molecular formula is C24H33Cl2N3O3. The van der Waals surface area contributed by atoms with Crippen molar-refractivity contribution in [2.75, 3.05) is 32.7 Å². The Morgan fingerprint density at radius 1 is 0.969 bits per heavy atom. The summed E-state index contributed by atoms with van der Waals surface area (Å²) < 4.78 is 0. The number of benzene rings is 1. The van der Waals surface area contributed by atoms with E-state index in [-0.39, 0.29) is 29.6 Å². The fourth-order valence-corrected chi connectivity index (χ4v) is 4.82. The maximum atomic E-state index is 13.1. The van der Waals surface area contributed by atoms with E-state index in [4.69, 9.17) is 23.2 Å². The molecule has 8 heteroatoms. The molecule has 0 aliphatic carbocycles. The lowest BCUT2D eigenvalue weighted by Gasteiger charge is -2.37. The van der Waals surface area contributed by atoms with Crippen LogP contribution in [-0.4, -0.2) is 60.2 Å². The number of hydrogen-bond acceptors (Lipinski definition) is 3. The van der Waals surface area contributed by atoms with E-state index in [9.17, 15) is 14.4 Å². The van der Waals surface area contributed by atoms with Crippen LogP contribution in [0.4, 0.5) is 0 Å². The van der Waals surface area contributed by atoms with E-state index in [1.54, 1.807) is 23.1 Å². The van der Waals surface area contributed by atoms with Crippen LogP contribution in [0.2, 0.25) is 10.0 Å². The highest BCUT2D eigenvalue weighted by molar-refractivity contribution is 6.42. The molecule has 6 nitrogen and oxygen atoms in total. The molecule has 2 aliphatic rings. The molecule has 1 aromatic carbocycles. The summed E-state index contributed by atoms with van der Waals surface area (Å²) in [5.41, 5.74) is 0.485. The van der Waals surface area contributed by atoms with Crippen LogP contribution in [-0.2, 0) is 9.59 Å². The average molecular weight is 482 g/mol. The second-order valence-corrected chi connectivity index (χ2v) is 9.63. The lowest BCUT2D eigenvalue weighted by atomic mass is 9.92. The molecule has 0 aromatic heterocycles. The first kappa shape index (κ1) is 24.8. The molecule has 3 rings (SSSR count). The second-order valence-electron chi connectivity index (χ2n) is 8.82. The molecule has 0 bridgehead atoms. The van der Waals surface area contributed by atoms with Crippen molar-refractivity contribution in [3.8, 4) is 0 Å². The van der Waals surface area contributed by atoms with Crippen LogP contribution in [0.3, 0.4) is 0 Å². The molecule has 0 spiro atoms. The Morgan fingerprint density at radius 3 is 2.41 bits per heavy atom. The van der Waals surface area contributed by atoms with Gasteiger partial charge in [-0.25, -0.2) is 0 Å². The van der Waals surface area contributed by atoms with Gasteiger partial charge in [0, 0.05) is 44.2 Å². The minimum absolute atomic E-state index is 0.0141. The van der Waals surface area contributed by atoms with E-state index in [1.165, 1.54) is 0 Å². The van der Waals surface area contributed by atoms with Crippen molar-refractivity contribution in [2.24, 2.45) is 11.8 Å². The van der Waals surface area contributed by atoms with Gasteiger partial charge in [0.25, 0.3) is 5.91 Å². The van der Waals surface area contributed by atoms with E-state index >= 15 is 0 Å². The molecule has 32 heavy (non-hydrogen) atoms. The van der Waals surface area contributed by atoms with Gasteiger partial charge in [-0.2, -0.15) is 0 Å². The van der Waals surface area contributed by atoms with Crippen molar-refractivity contribution in [3.05, 3.63) is 33.8 Å². The third-order valence-corrected chi connectivity index (χ3v) is 7.22. The van der Waals surface area contributed by atoms with Crippen molar-refractivity contribution < 1.29 is 14.4 Å². The zero-order valence-electron chi connectivity index (χ0n) is 18.7. The Labute approximate surface area is 200 Å². The Hall–Kier alpha value is -1.79. The van der Waals surface area contributed by atoms with Crippen molar-refractivity contribution in [2.45, 2.75) is 51.9 Å². The third kappa shape index (κ3) is 6.38. The van der Waals surface area contributed by atoms with Crippen LogP contribution >= 0.6 is 23.2 Å². The number of rotatable bonds is 7. The Bertz CT molecular complexity index is 825. The monoisotopic (exact) mass is 481 g/mol. The first-order valence-corrected chi connectivity index (χ1v) is 12.5. The lowest BCUT2D eigenvalue weighted by molar-refractivity contribution is -0.140. The van der Waals surface area contributed by atoms with Crippen LogP contribution < -0.4 is 5.32 Å². The normalized spacial score (nSPS) is 19.7. The number of unbranched alkanes of at least 4 members (excludes halogenated alkanes) is 2. The van der Waals surface area contributed by atoms with E-state index < -0.39 is 0 Å². The van der Waals surface area contributed by atoms with Gasteiger partial charge in [0.05, 0.1) is 16.0 Å². The highest BCUT2D eigenvalue weighted by Crippen LogP contribution is 2.27. The summed E-state index contributed by atoms with van der Waals surface area (Å²) in [6, 6.07) is 4.86. The minimum atomic E-state index is -0.199. The molecule has 2 heterocycles. The maximum absolute atomic E-state index is 13.1. The molecule has 1 N–H and O–H groups in total. The molecule has 2 saturated heterocycles. The maximum Gasteiger partial charge on any atom is 0.253 e. The van der Waals surface area contributed by atoms with E-state index in [1.807, 2.05) is 4.90 Å². The first-order chi connectivity index (χ1) is 15.4. The van der Waals surface area contributed by atoms with Gasteiger partial charge in [-0.05, 0) is 50.3 Å². The second kappa shape index (κ2) is 11.9. The van der Waals surface area contributed by atoms with Crippen LogP contribution in [0, 0.1) is 11.8 Å². The molecule has 2 fully saturated rings. The molecule has 0 saturated carbocycles. The summed E-state index contributed by atoms with van der Waals surface area (Å²) in [6.45, 7) is 5.12. The van der Waals surface area contributed by atoms with Crippen LogP contribution in [0.15, 0.2) is 18.2 Å². The SMILES string of the molecule is CCCCCNC(=O)C1CCN(C(=O)C2CCCN(C(=O)c3ccc(Cl)c(Cl)c3)C2)CC1. The molecule has 1 aromatic rings. The zero-order valence-corrected chi connectivity index (χ0v) is 20.3. The van der Waals surface area contributed by atoms with Gasteiger partial charge in [0.2, 0.25) is 11.8 Å². The number of carbonyl (C=O) groups excluding carboxylic acids is 3. The standard InChI is InChI=1S/C24H33Cl2N3O3/c1-2-3-4-11-27-22(30)17-9-13-28(14-10-17)24(32)19-6-5-12-29(16-19)23(31)18-7-8-20(25)21(26)15-18/h7-8,15,17,19H,2-6,9-14,16H2,1H3,(H,27,30). The Kier molecular flexibility index (Phi) is 9.23. The van der Waals surface area contributed by atoms with Crippen molar-refractivity contribution in [1.82, 2.24) is 15.1 Å². The van der Waals surface area contributed by atoms with E-state index in [2.05, 4.69) is 12.2 Å². The largest absolute Gasteiger partial charge is 0.356 e. The predicted molar refractivity (Wildman–Crippen MR) is 127 cm³/mol. The van der Waals surface area contributed by atoms with E-state index in [0.29, 0.717) is 54.6 Å². The van der Waals surface area contributed by atoms with Gasteiger partial charge in [-0.1, -0.05) is 43.0 Å². The van der Waals surface area contributed by atoms with Gasteiger partial charge in [0.15, 0.2) is 0 Å². The van der Waals surface area contributed by atoms with Crippen LogP contribution in [0.1, 0.15) is 62.2 Å². The van der Waals surface area contributed by atoms with Crippen LogP contribution in [0.25, 0.3) is 0 Å². The van der Waals surface area contributed by atoms with Gasteiger partial charge in [0.1, 0.15) is 0 Å². The highest BCUT2D eigenvalue weighted by Gasteiger charge is 2.34. The molecule has 2 aliphatic heterocycles. The summed E-state index contributed by atoms with van der Waals surface area (Å²) in [6.07, 6.45) is 6.24. The predicted octanol–water partition coefficient (Wildman–Crippen LogP) is 4.39. The minimum Gasteiger partial charge on any atom is -0.356 e. The number of halogens is 2. The quantitative estimate of drug-likeness (QED) is 0.586. The van der Waals surface area contributed by atoms with Crippen molar-refractivity contribution in [3.63, 3.8) is 0 Å². The number of nitrogens with one attached hydrogen (secondary N) is 1. The summed E-state index contributed by atoms with van der Waals surface area (Å²) >= 11 is 12.0. The molecular weight excluding hydrogens is 449 g/mol. The fourth-order valence-electron chi connectivity index (χ4n) is 4.53. The third-order valence-electron chi connectivity index (χ3n) is 6.48. The summed E-state index contributed by atoms with van der Waals surface area (Å²) in [7, 11) is 0. The van der Waals surface area contributed by atoms with Crippen molar-refractivity contribution in [1.29, 1.82) is 0 Å². The first-order valence-electron chi connectivity index (χ1n) is 11.7. The molecule has 1 atom stereocenters. The molecule has 3 amide bonds. The number of nitrogens with zero attached hydrogens (tertiary/aromatic N) is 2. The molecule has 176 valence electrons. The average Bonchev–Trinajstić information content (AvgIpc) is 2.82. The topological polar surface area (TPSA) is 69.7 Å². The summed E-state index contributed by atoms with van der Waals surface area (Å²) in [5, 5.41) is 3.79. The Morgan fingerprint density at radius 2 is 1.72 bits per heavy atom. The van der Waals surface area contributed by atoms with Gasteiger partial charge >= 0.3 is 0 Å². The van der Waals surface area contributed by atoms with Gasteiger partial charge in [-0.15, -0.1) is 0 Å². The van der Waals surface area contributed by atoms with Gasteiger partial charge in [-0.3, -0.25) is 14.4 Å². The zero-order chi connectivity index (χ0) is 23.1. The van der Waals surface area contributed by atoms with Crippen LogP contribution in [0.5, 0.6) is 0 Å². The lowest BCUT2D eigenvalue weighted by Crippen LogP contribution is -2.49. The van der Waals surface area contributed by atoms with E-state index in [0.717, 1.165) is 38.6 Å². The highest BCUT2D eigenvalue weighted by atomic mass is 35.5. The number of carbonyl (C=O) groups is 3. The number of hydrogen-bond donors (Lipinski definition) is 1. The summed E-state index contributed by atoms with van der Waals surface area (Å²) in [5.74, 6) is -0.128. The number of likely N-dealkylation sites (tertiary alicyclic amines) is 2.